The molecule has 0 heterocycles. The number of carbonyl (C=O) groups is 3. The number of alkyl carbamates (subject to hydrolysis) is 1. The van der Waals surface area contributed by atoms with Gasteiger partial charge in [0, 0.05) is 13.6 Å². The van der Waals surface area contributed by atoms with E-state index < -0.39 is 49.6 Å². The SMILES string of the molecule is CC(OC(=O)NCC(=O)CP(C)(=O)O)OC(=O)C(C)(C)C. The van der Waals surface area contributed by atoms with Crippen molar-refractivity contribution < 1.29 is 33.3 Å². The minimum Gasteiger partial charge on any atom is -0.425 e. The summed E-state index contributed by atoms with van der Waals surface area (Å²) in [4.78, 5) is 43.2. The van der Waals surface area contributed by atoms with E-state index in [-0.39, 0.29) is 0 Å². The quantitative estimate of drug-likeness (QED) is 0.427. The van der Waals surface area contributed by atoms with Gasteiger partial charge in [0.2, 0.25) is 13.7 Å². The molecule has 21 heavy (non-hydrogen) atoms. The van der Waals surface area contributed by atoms with Crippen LogP contribution in [0.3, 0.4) is 0 Å². The molecule has 9 heteroatoms. The molecule has 0 fully saturated rings. The summed E-state index contributed by atoms with van der Waals surface area (Å²) in [6.45, 7) is 6.93. The molecule has 0 aliphatic carbocycles. The second-order valence-corrected chi connectivity index (χ2v) is 8.15. The number of ether oxygens (including phenoxy) is 2. The van der Waals surface area contributed by atoms with E-state index in [2.05, 4.69) is 5.32 Å². The van der Waals surface area contributed by atoms with Crippen LogP contribution in [-0.2, 0) is 23.6 Å². The molecule has 0 rings (SSSR count). The smallest absolute Gasteiger partial charge is 0.410 e. The average Bonchev–Trinajstić information content (AvgIpc) is 2.22. The molecule has 0 radical (unpaired) electrons. The van der Waals surface area contributed by atoms with E-state index in [9.17, 15) is 18.9 Å². The third kappa shape index (κ3) is 10.0. The number of amides is 1. The van der Waals surface area contributed by atoms with Crippen LogP contribution in [0.2, 0.25) is 0 Å². The van der Waals surface area contributed by atoms with E-state index in [0.717, 1.165) is 6.66 Å². The maximum atomic E-state index is 11.5. The lowest BCUT2D eigenvalue weighted by Crippen LogP contribution is -2.35. The second-order valence-electron chi connectivity index (χ2n) is 5.73. The molecule has 8 nitrogen and oxygen atoms in total. The van der Waals surface area contributed by atoms with Crippen molar-refractivity contribution in [2.45, 2.75) is 34.0 Å². The van der Waals surface area contributed by atoms with Crippen molar-refractivity contribution in [2.24, 2.45) is 5.41 Å². The summed E-state index contributed by atoms with van der Waals surface area (Å²) < 4.78 is 20.6. The molecule has 0 saturated heterocycles. The number of ketones is 1. The van der Waals surface area contributed by atoms with Gasteiger partial charge in [-0.1, -0.05) is 0 Å². The molecule has 0 aromatic heterocycles. The van der Waals surface area contributed by atoms with Gasteiger partial charge in [0.05, 0.1) is 18.1 Å². The van der Waals surface area contributed by atoms with Gasteiger partial charge in [0.15, 0.2) is 5.78 Å². The van der Waals surface area contributed by atoms with E-state index in [4.69, 9.17) is 14.4 Å². The molecular weight excluding hydrogens is 301 g/mol. The van der Waals surface area contributed by atoms with Gasteiger partial charge in [-0.25, -0.2) is 4.79 Å². The lowest BCUT2D eigenvalue weighted by Gasteiger charge is -2.20. The highest BCUT2D eigenvalue weighted by Gasteiger charge is 2.26. The number of nitrogens with one attached hydrogen (secondary N) is 1. The van der Waals surface area contributed by atoms with Crippen molar-refractivity contribution in [3.8, 4) is 0 Å². The van der Waals surface area contributed by atoms with E-state index >= 15 is 0 Å². The number of hydrogen-bond donors (Lipinski definition) is 2. The highest BCUT2D eigenvalue weighted by molar-refractivity contribution is 7.58. The van der Waals surface area contributed by atoms with Crippen LogP contribution in [0.1, 0.15) is 27.7 Å². The van der Waals surface area contributed by atoms with Crippen LogP contribution in [0.15, 0.2) is 0 Å². The third-order valence-electron chi connectivity index (χ3n) is 2.06. The second kappa shape index (κ2) is 7.56. The van der Waals surface area contributed by atoms with Gasteiger partial charge in [-0.05, 0) is 20.8 Å². The molecule has 2 unspecified atom stereocenters. The van der Waals surface area contributed by atoms with Crippen molar-refractivity contribution in [2.75, 3.05) is 19.4 Å². The minimum absolute atomic E-state index is 0.433. The van der Waals surface area contributed by atoms with Crippen LogP contribution in [-0.4, -0.2) is 48.4 Å². The molecule has 2 N–H and O–H groups in total. The molecular formula is C12H22NO7P. The molecule has 1 amide bonds. The van der Waals surface area contributed by atoms with Crippen molar-refractivity contribution in [3.05, 3.63) is 0 Å². The summed E-state index contributed by atoms with van der Waals surface area (Å²) in [5.74, 6) is -1.13. The van der Waals surface area contributed by atoms with E-state index in [1.807, 2.05) is 0 Å². The summed E-state index contributed by atoms with van der Waals surface area (Å²) in [6, 6.07) is 0. The van der Waals surface area contributed by atoms with Gasteiger partial charge >= 0.3 is 12.1 Å². The zero-order valence-electron chi connectivity index (χ0n) is 12.8. The summed E-state index contributed by atoms with van der Waals surface area (Å²) in [5, 5.41) is 2.11. The fraction of sp³-hybridized carbons (Fsp3) is 0.750. The van der Waals surface area contributed by atoms with Gasteiger partial charge in [-0.15, -0.1) is 0 Å². The van der Waals surface area contributed by atoms with Gasteiger partial charge in [-0.2, -0.15) is 0 Å². The summed E-state index contributed by atoms with van der Waals surface area (Å²) in [6.07, 6.45) is -2.59. The summed E-state index contributed by atoms with van der Waals surface area (Å²) in [7, 11) is -3.46. The van der Waals surface area contributed by atoms with Crippen molar-refractivity contribution >= 4 is 25.2 Å². The number of carbonyl (C=O) groups excluding carboxylic acids is 3. The Morgan fingerprint density at radius 3 is 2.19 bits per heavy atom. The Morgan fingerprint density at radius 1 is 1.24 bits per heavy atom. The largest absolute Gasteiger partial charge is 0.425 e. The van der Waals surface area contributed by atoms with Gasteiger partial charge in [0.25, 0.3) is 0 Å². The summed E-state index contributed by atoms with van der Waals surface area (Å²) in [5.41, 5.74) is -0.729. The Kier molecular flexibility index (Phi) is 7.06. The molecule has 0 aliphatic rings. The highest BCUT2D eigenvalue weighted by Crippen LogP contribution is 2.34. The van der Waals surface area contributed by atoms with Gasteiger partial charge in [0.1, 0.15) is 0 Å². The molecule has 0 bridgehead atoms. The first-order chi connectivity index (χ1) is 9.31. The first kappa shape index (κ1) is 19.6. The minimum atomic E-state index is -3.46. The first-order valence-electron chi connectivity index (χ1n) is 6.28. The molecule has 0 aromatic carbocycles. The topological polar surface area (TPSA) is 119 Å². The van der Waals surface area contributed by atoms with Crippen LogP contribution in [0.4, 0.5) is 4.79 Å². The Balaban J connectivity index is 4.13. The number of hydrogen-bond acceptors (Lipinski definition) is 6. The lowest BCUT2D eigenvalue weighted by atomic mass is 9.97. The van der Waals surface area contributed by atoms with Crippen LogP contribution in [0.25, 0.3) is 0 Å². The van der Waals surface area contributed by atoms with E-state index in [1.54, 1.807) is 20.8 Å². The number of rotatable bonds is 6. The normalized spacial score (nSPS) is 15.5. The van der Waals surface area contributed by atoms with E-state index in [0.29, 0.717) is 0 Å². The average molecular weight is 323 g/mol. The Labute approximate surface area is 123 Å². The number of Topliss-reactive ketones (excluding diaryl/α,β-unsaturated/α-hetero) is 1. The van der Waals surface area contributed by atoms with Crippen LogP contribution < -0.4 is 5.32 Å². The summed E-state index contributed by atoms with van der Waals surface area (Å²) >= 11 is 0. The van der Waals surface area contributed by atoms with Crippen LogP contribution in [0.5, 0.6) is 0 Å². The predicted octanol–water partition coefficient (Wildman–Crippen LogP) is 1.12. The molecule has 0 spiro atoms. The lowest BCUT2D eigenvalue weighted by molar-refractivity contribution is -0.174. The highest BCUT2D eigenvalue weighted by atomic mass is 31.2. The molecule has 2 atom stereocenters. The zero-order chi connectivity index (χ0) is 16.8. The maximum Gasteiger partial charge on any atom is 0.410 e. The van der Waals surface area contributed by atoms with Crippen LogP contribution in [0, 0.1) is 5.41 Å². The molecule has 0 aliphatic heterocycles. The molecule has 0 aromatic rings. The van der Waals surface area contributed by atoms with E-state index in [1.165, 1.54) is 6.92 Å². The Hall–Kier alpha value is -1.40. The maximum absolute atomic E-state index is 11.5. The monoisotopic (exact) mass is 323 g/mol. The number of esters is 1. The zero-order valence-corrected chi connectivity index (χ0v) is 13.7. The Bertz CT molecular complexity index is 449. The molecule has 122 valence electrons. The molecule has 0 saturated carbocycles. The van der Waals surface area contributed by atoms with Crippen LogP contribution >= 0.6 is 7.37 Å². The fourth-order valence-electron chi connectivity index (χ4n) is 1.10. The Morgan fingerprint density at radius 2 is 1.76 bits per heavy atom. The standard InChI is InChI=1S/C12H22NO7P/c1-8(19-10(15)12(2,3)4)20-11(16)13-6-9(14)7-21(5,17)18/h8H,6-7H2,1-5H3,(H,13,16)(H,17,18). The van der Waals surface area contributed by atoms with Crippen molar-refractivity contribution in [1.29, 1.82) is 0 Å². The van der Waals surface area contributed by atoms with Gasteiger partial charge < -0.3 is 19.7 Å². The fourth-order valence-corrected chi connectivity index (χ4v) is 1.86. The van der Waals surface area contributed by atoms with Crippen molar-refractivity contribution in [1.82, 2.24) is 5.32 Å². The van der Waals surface area contributed by atoms with Crippen molar-refractivity contribution in [3.63, 3.8) is 0 Å². The third-order valence-corrected chi connectivity index (χ3v) is 3.00. The predicted molar refractivity (Wildman–Crippen MR) is 75.1 cm³/mol. The van der Waals surface area contributed by atoms with Gasteiger partial charge in [-0.3, -0.25) is 14.2 Å². The first-order valence-corrected chi connectivity index (χ1v) is 8.57.